The van der Waals surface area contributed by atoms with Crippen LogP contribution in [0.5, 0.6) is 0 Å². The lowest BCUT2D eigenvalue weighted by atomic mass is 9.81. The number of carbonyl (C=O) groups excluding carboxylic acids is 1. The van der Waals surface area contributed by atoms with Gasteiger partial charge in [-0.05, 0) is 49.9 Å². The van der Waals surface area contributed by atoms with Crippen LogP contribution >= 0.6 is 0 Å². The molecule has 88 valence electrons. The van der Waals surface area contributed by atoms with Gasteiger partial charge in [-0.25, -0.2) is 0 Å². The van der Waals surface area contributed by atoms with Gasteiger partial charge in [-0.2, -0.15) is 0 Å². The molecular weight excluding hydrogens is 196 g/mol. The fraction of sp³-hybridized carbons (Fsp3) is 0.533. The van der Waals surface area contributed by atoms with Crippen LogP contribution in [-0.2, 0) is 0 Å². The molecule has 0 aliphatic carbocycles. The Bertz CT molecular complexity index is 434. The summed E-state index contributed by atoms with van der Waals surface area (Å²) in [6.45, 7) is 14.2. The minimum atomic E-state index is -0.308. The lowest BCUT2D eigenvalue weighted by Gasteiger charge is -2.21. The first-order valence-electron chi connectivity index (χ1n) is 5.78. The second kappa shape index (κ2) is 4.04. The SMILES string of the molecule is Cc1cc(C)c(C(=O)C(C)(C)C)c(C)c1C. The van der Waals surface area contributed by atoms with Gasteiger partial charge in [-0.15, -0.1) is 0 Å². The number of hydrogen-bond acceptors (Lipinski definition) is 1. The Hall–Kier alpha value is -1.11. The number of Topliss-reactive ketones (excluding diaryl/α,β-unsaturated/α-hetero) is 1. The third kappa shape index (κ3) is 2.18. The molecule has 0 heterocycles. The van der Waals surface area contributed by atoms with E-state index in [1.54, 1.807) is 0 Å². The fourth-order valence-electron chi connectivity index (χ4n) is 2.01. The molecule has 1 aromatic rings. The molecule has 0 N–H and O–H groups in total. The maximum atomic E-state index is 12.4. The number of ketones is 1. The van der Waals surface area contributed by atoms with Crippen molar-refractivity contribution in [3.63, 3.8) is 0 Å². The second-order valence-corrected chi connectivity index (χ2v) is 5.71. The molecule has 0 spiro atoms. The standard InChI is InChI=1S/C15H22O/c1-9-8-10(2)13(12(4)11(9)3)14(16)15(5,6)7/h8H,1-7H3. The van der Waals surface area contributed by atoms with Crippen molar-refractivity contribution in [1.82, 2.24) is 0 Å². The normalized spacial score (nSPS) is 11.7. The van der Waals surface area contributed by atoms with Crippen molar-refractivity contribution in [2.75, 3.05) is 0 Å². The van der Waals surface area contributed by atoms with Crippen molar-refractivity contribution >= 4 is 5.78 Å². The van der Waals surface area contributed by atoms with Crippen molar-refractivity contribution < 1.29 is 4.79 Å². The summed E-state index contributed by atoms with van der Waals surface area (Å²) < 4.78 is 0. The van der Waals surface area contributed by atoms with Crippen LogP contribution in [0.2, 0.25) is 0 Å². The quantitative estimate of drug-likeness (QED) is 0.647. The molecule has 0 fully saturated rings. The minimum absolute atomic E-state index is 0.241. The van der Waals surface area contributed by atoms with Crippen molar-refractivity contribution in [3.8, 4) is 0 Å². The molecule has 0 aliphatic rings. The predicted octanol–water partition coefficient (Wildman–Crippen LogP) is 4.15. The summed E-state index contributed by atoms with van der Waals surface area (Å²) in [5.41, 5.74) is 5.34. The Balaban J connectivity index is 3.47. The maximum Gasteiger partial charge on any atom is 0.168 e. The molecule has 0 saturated carbocycles. The molecule has 0 atom stereocenters. The summed E-state index contributed by atoms with van der Waals surface area (Å²) >= 11 is 0. The average Bonchev–Trinajstić information content (AvgIpc) is 2.13. The van der Waals surface area contributed by atoms with Gasteiger partial charge in [0, 0.05) is 11.0 Å². The molecule has 0 radical (unpaired) electrons. The van der Waals surface area contributed by atoms with E-state index in [0.717, 1.165) is 16.7 Å². The van der Waals surface area contributed by atoms with Gasteiger partial charge in [0.2, 0.25) is 0 Å². The van der Waals surface area contributed by atoms with Crippen molar-refractivity contribution in [2.45, 2.75) is 48.5 Å². The van der Waals surface area contributed by atoms with E-state index < -0.39 is 0 Å². The van der Waals surface area contributed by atoms with E-state index in [1.165, 1.54) is 11.1 Å². The zero-order valence-corrected chi connectivity index (χ0v) is 11.5. The zero-order chi connectivity index (χ0) is 12.7. The molecule has 0 saturated heterocycles. The highest BCUT2D eigenvalue weighted by atomic mass is 16.1. The third-order valence-electron chi connectivity index (χ3n) is 3.26. The summed E-state index contributed by atoms with van der Waals surface area (Å²) in [5, 5.41) is 0. The molecule has 0 unspecified atom stereocenters. The summed E-state index contributed by atoms with van der Waals surface area (Å²) in [7, 11) is 0. The summed E-state index contributed by atoms with van der Waals surface area (Å²) in [4.78, 5) is 12.4. The van der Waals surface area contributed by atoms with Gasteiger partial charge < -0.3 is 0 Å². The van der Waals surface area contributed by atoms with Crippen LogP contribution < -0.4 is 0 Å². The number of carbonyl (C=O) groups is 1. The van der Waals surface area contributed by atoms with E-state index >= 15 is 0 Å². The smallest absolute Gasteiger partial charge is 0.168 e. The Labute approximate surface area is 98.9 Å². The maximum absolute atomic E-state index is 12.4. The van der Waals surface area contributed by atoms with Crippen molar-refractivity contribution in [1.29, 1.82) is 0 Å². The van der Waals surface area contributed by atoms with Crippen LogP contribution in [0.15, 0.2) is 6.07 Å². The molecule has 0 bridgehead atoms. The molecule has 0 aromatic heterocycles. The summed E-state index contributed by atoms with van der Waals surface area (Å²) in [6.07, 6.45) is 0. The zero-order valence-electron chi connectivity index (χ0n) is 11.5. The van der Waals surface area contributed by atoms with E-state index in [0.29, 0.717) is 0 Å². The highest BCUT2D eigenvalue weighted by Crippen LogP contribution is 2.28. The first-order chi connectivity index (χ1) is 7.16. The van der Waals surface area contributed by atoms with Crippen LogP contribution in [-0.4, -0.2) is 5.78 Å². The monoisotopic (exact) mass is 218 g/mol. The van der Waals surface area contributed by atoms with E-state index in [1.807, 2.05) is 34.6 Å². The van der Waals surface area contributed by atoms with Crippen molar-refractivity contribution in [2.24, 2.45) is 5.41 Å². The molecule has 1 aromatic carbocycles. The largest absolute Gasteiger partial charge is 0.294 e. The molecule has 0 aliphatic heterocycles. The Morgan fingerprint density at radius 1 is 0.938 bits per heavy atom. The van der Waals surface area contributed by atoms with Crippen LogP contribution in [0.1, 0.15) is 53.4 Å². The van der Waals surface area contributed by atoms with Crippen LogP contribution in [0, 0.1) is 33.1 Å². The number of benzene rings is 1. The Morgan fingerprint density at radius 3 is 1.88 bits per heavy atom. The van der Waals surface area contributed by atoms with Crippen LogP contribution in [0.4, 0.5) is 0 Å². The van der Waals surface area contributed by atoms with Gasteiger partial charge in [-0.1, -0.05) is 26.8 Å². The molecule has 1 nitrogen and oxygen atoms in total. The number of aryl methyl sites for hydroxylation is 2. The molecule has 16 heavy (non-hydrogen) atoms. The van der Waals surface area contributed by atoms with E-state index in [2.05, 4.69) is 19.9 Å². The van der Waals surface area contributed by atoms with Crippen molar-refractivity contribution in [3.05, 3.63) is 33.9 Å². The average molecular weight is 218 g/mol. The predicted molar refractivity (Wildman–Crippen MR) is 69.2 cm³/mol. The van der Waals surface area contributed by atoms with Crippen LogP contribution in [0.25, 0.3) is 0 Å². The van der Waals surface area contributed by atoms with Gasteiger partial charge in [0.25, 0.3) is 0 Å². The molecule has 1 heteroatoms. The Morgan fingerprint density at radius 2 is 1.44 bits per heavy atom. The summed E-state index contributed by atoms with van der Waals surface area (Å²) in [5.74, 6) is 0.241. The third-order valence-corrected chi connectivity index (χ3v) is 3.26. The van der Waals surface area contributed by atoms with Gasteiger partial charge in [0.15, 0.2) is 5.78 Å². The highest BCUT2D eigenvalue weighted by Gasteiger charge is 2.26. The summed E-state index contributed by atoms with van der Waals surface area (Å²) in [6, 6.07) is 2.11. The second-order valence-electron chi connectivity index (χ2n) is 5.71. The van der Waals surface area contributed by atoms with Gasteiger partial charge >= 0.3 is 0 Å². The van der Waals surface area contributed by atoms with Crippen LogP contribution in [0.3, 0.4) is 0 Å². The van der Waals surface area contributed by atoms with E-state index in [9.17, 15) is 4.79 Å². The fourth-order valence-corrected chi connectivity index (χ4v) is 2.01. The highest BCUT2D eigenvalue weighted by molar-refractivity contribution is 6.02. The molecular formula is C15H22O. The van der Waals surface area contributed by atoms with E-state index in [4.69, 9.17) is 0 Å². The first kappa shape index (κ1) is 13.0. The van der Waals surface area contributed by atoms with E-state index in [-0.39, 0.29) is 11.2 Å². The molecule has 0 amide bonds. The minimum Gasteiger partial charge on any atom is -0.294 e. The van der Waals surface area contributed by atoms with Gasteiger partial charge in [0.05, 0.1) is 0 Å². The topological polar surface area (TPSA) is 17.1 Å². The van der Waals surface area contributed by atoms with Gasteiger partial charge in [-0.3, -0.25) is 4.79 Å². The lowest BCUT2D eigenvalue weighted by Crippen LogP contribution is -2.22. The Kier molecular flexibility index (Phi) is 3.27. The molecule has 1 rings (SSSR count). The lowest BCUT2D eigenvalue weighted by molar-refractivity contribution is 0.0857. The van der Waals surface area contributed by atoms with Gasteiger partial charge in [0.1, 0.15) is 0 Å². The number of hydrogen-bond donors (Lipinski definition) is 0. The first-order valence-corrected chi connectivity index (χ1v) is 5.78. The number of rotatable bonds is 1.